The molecule has 0 saturated carbocycles. The summed E-state index contributed by atoms with van der Waals surface area (Å²) in [4.78, 5) is 10.3. The summed E-state index contributed by atoms with van der Waals surface area (Å²) in [5, 5.41) is 19.3. The molecule has 2 N–H and O–H groups in total. The smallest absolute Gasteiger partial charge is 0.508 e. The van der Waals surface area contributed by atoms with Gasteiger partial charge in [-0.2, -0.15) is 0 Å². The molecule has 0 bridgehead atoms. The van der Waals surface area contributed by atoms with Crippen molar-refractivity contribution in [3.05, 3.63) is 36.4 Å². The summed E-state index contributed by atoms with van der Waals surface area (Å²) >= 11 is 0. The number of hydrogen-bond acceptors (Lipinski definition) is 3. The van der Waals surface area contributed by atoms with E-state index in [0.29, 0.717) is 0 Å². The number of carbonyl (C=O) groups is 1. The number of phenols is 1. The van der Waals surface area contributed by atoms with Crippen LogP contribution in [-0.4, -0.2) is 16.4 Å². The number of ether oxygens (including phenoxy) is 1. The Bertz CT molecular complexity index is 519. The zero-order valence-corrected chi connectivity index (χ0v) is 7.68. The van der Waals surface area contributed by atoms with Crippen LogP contribution in [0.3, 0.4) is 0 Å². The Hall–Kier alpha value is -2.23. The molecule has 0 aliphatic carbocycles. The lowest BCUT2D eigenvalue weighted by molar-refractivity contribution is 0.144. The maximum atomic E-state index is 10.3. The summed E-state index contributed by atoms with van der Waals surface area (Å²) in [7, 11) is 0. The minimum absolute atomic E-state index is 0.175. The van der Waals surface area contributed by atoms with Crippen LogP contribution in [0.5, 0.6) is 11.5 Å². The largest absolute Gasteiger partial charge is 0.511 e. The van der Waals surface area contributed by atoms with Crippen LogP contribution in [0.15, 0.2) is 36.4 Å². The van der Waals surface area contributed by atoms with Crippen molar-refractivity contribution in [1.29, 1.82) is 0 Å². The normalized spacial score (nSPS) is 10.1. The molecule has 0 aliphatic rings. The van der Waals surface area contributed by atoms with E-state index < -0.39 is 6.16 Å². The van der Waals surface area contributed by atoms with E-state index in [9.17, 15) is 9.90 Å². The second kappa shape index (κ2) is 3.49. The third kappa shape index (κ3) is 1.99. The molecule has 4 heteroatoms. The highest BCUT2D eigenvalue weighted by atomic mass is 16.7. The third-order valence-electron chi connectivity index (χ3n) is 2.00. The van der Waals surface area contributed by atoms with Crippen LogP contribution in [0.1, 0.15) is 0 Å². The fraction of sp³-hybridized carbons (Fsp3) is 0. The summed E-state index contributed by atoms with van der Waals surface area (Å²) in [6.45, 7) is 0. The Kier molecular flexibility index (Phi) is 2.17. The van der Waals surface area contributed by atoms with Gasteiger partial charge in [0.05, 0.1) is 0 Å². The molecule has 4 nitrogen and oxygen atoms in total. The average Bonchev–Trinajstić information content (AvgIpc) is 2.17. The van der Waals surface area contributed by atoms with Crippen LogP contribution in [0, 0.1) is 0 Å². The van der Waals surface area contributed by atoms with Gasteiger partial charge in [-0.05, 0) is 35.0 Å². The zero-order chi connectivity index (χ0) is 10.8. The molecule has 0 amide bonds. The van der Waals surface area contributed by atoms with Crippen molar-refractivity contribution in [3.8, 4) is 11.5 Å². The Morgan fingerprint density at radius 1 is 1.07 bits per heavy atom. The molecule has 2 aromatic carbocycles. The number of carboxylic acid groups (broad SMARTS) is 1. The van der Waals surface area contributed by atoms with Crippen LogP contribution >= 0.6 is 0 Å². The summed E-state index contributed by atoms with van der Waals surface area (Å²) in [5.41, 5.74) is 0. The van der Waals surface area contributed by atoms with Crippen molar-refractivity contribution in [2.75, 3.05) is 0 Å². The Balaban J connectivity index is 2.47. The van der Waals surface area contributed by atoms with Gasteiger partial charge in [0.25, 0.3) is 0 Å². The molecule has 15 heavy (non-hydrogen) atoms. The highest BCUT2D eigenvalue weighted by molar-refractivity contribution is 5.85. The number of aromatic hydroxyl groups is 1. The van der Waals surface area contributed by atoms with E-state index in [-0.39, 0.29) is 11.5 Å². The molecule has 76 valence electrons. The number of rotatable bonds is 1. The summed E-state index contributed by atoms with van der Waals surface area (Å²) in [6.07, 6.45) is -1.34. The van der Waals surface area contributed by atoms with Gasteiger partial charge < -0.3 is 14.9 Å². The van der Waals surface area contributed by atoms with E-state index in [0.717, 1.165) is 10.8 Å². The molecule has 0 radical (unpaired) electrons. The molecule has 0 aliphatic heterocycles. The van der Waals surface area contributed by atoms with Crippen molar-refractivity contribution in [2.45, 2.75) is 0 Å². The second-order valence-corrected chi connectivity index (χ2v) is 3.06. The van der Waals surface area contributed by atoms with Gasteiger partial charge in [-0.1, -0.05) is 12.1 Å². The molecule has 0 saturated heterocycles. The lowest BCUT2D eigenvalue weighted by atomic mass is 10.1. The molecule has 0 unspecified atom stereocenters. The van der Waals surface area contributed by atoms with E-state index >= 15 is 0 Å². The quantitative estimate of drug-likeness (QED) is 0.553. The standard InChI is InChI=1S/C11H8O4/c12-9-3-1-8-6-10(15-11(13)14)4-2-7(8)5-9/h1-6,12H,(H,13,14). The third-order valence-corrected chi connectivity index (χ3v) is 2.00. The molecule has 0 fully saturated rings. The number of hydrogen-bond donors (Lipinski definition) is 2. The van der Waals surface area contributed by atoms with Crippen LogP contribution in [0.4, 0.5) is 4.79 Å². The zero-order valence-electron chi connectivity index (χ0n) is 7.68. The summed E-state index contributed by atoms with van der Waals surface area (Å²) in [6, 6.07) is 9.65. The van der Waals surface area contributed by atoms with Crippen LogP contribution < -0.4 is 4.74 Å². The average molecular weight is 204 g/mol. The Labute approximate surface area is 85.3 Å². The first-order valence-corrected chi connectivity index (χ1v) is 4.29. The Morgan fingerprint density at radius 3 is 2.47 bits per heavy atom. The minimum Gasteiger partial charge on any atom is -0.508 e. The lowest BCUT2D eigenvalue weighted by Gasteiger charge is -2.02. The van der Waals surface area contributed by atoms with Crippen molar-refractivity contribution in [3.63, 3.8) is 0 Å². The van der Waals surface area contributed by atoms with Crippen molar-refractivity contribution in [2.24, 2.45) is 0 Å². The van der Waals surface area contributed by atoms with E-state index in [1.807, 2.05) is 0 Å². The first-order valence-electron chi connectivity index (χ1n) is 4.29. The second-order valence-electron chi connectivity index (χ2n) is 3.06. The highest BCUT2D eigenvalue weighted by Gasteiger charge is 2.02. The predicted molar refractivity (Wildman–Crippen MR) is 54.3 cm³/mol. The molecule has 2 aromatic rings. The van der Waals surface area contributed by atoms with E-state index in [1.165, 1.54) is 12.1 Å². The van der Waals surface area contributed by atoms with Gasteiger partial charge in [-0.15, -0.1) is 0 Å². The summed E-state index contributed by atoms with van der Waals surface area (Å²) < 4.78 is 4.51. The van der Waals surface area contributed by atoms with Crippen molar-refractivity contribution >= 4 is 16.9 Å². The number of benzene rings is 2. The molecular formula is C11H8O4. The van der Waals surface area contributed by atoms with Gasteiger partial charge in [0.1, 0.15) is 11.5 Å². The van der Waals surface area contributed by atoms with Crippen LogP contribution in [0.2, 0.25) is 0 Å². The molecule has 0 spiro atoms. The molecule has 0 aromatic heterocycles. The predicted octanol–water partition coefficient (Wildman–Crippen LogP) is 2.60. The number of phenolic OH excluding ortho intramolecular Hbond substituents is 1. The van der Waals surface area contributed by atoms with E-state index in [2.05, 4.69) is 4.74 Å². The van der Waals surface area contributed by atoms with Gasteiger partial charge in [0, 0.05) is 0 Å². The van der Waals surface area contributed by atoms with Gasteiger partial charge in [0.2, 0.25) is 0 Å². The van der Waals surface area contributed by atoms with Crippen molar-refractivity contribution < 1.29 is 19.7 Å². The van der Waals surface area contributed by atoms with Gasteiger partial charge in [0.15, 0.2) is 0 Å². The fourth-order valence-corrected chi connectivity index (χ4v) is 1.38. The van der Waals surface area contributed by atoms with E-state index in [4.69, 9.17) is 5.11 Å². The van der Waals surface area contributed by atoms with Gasteiger partial charge in [-0.25, -0.2) is 4.79 Å². The maximum Gasteiger partial charge on any atom is 0.511 e. The van der Waals surface area contributed by atoms with Gasteiger partial charge >= 0.3 is 6.16 Å². The Morgan fingerprint density at radius 2 is 1.73 bits per heavy atom. The molecule has 0 heterocycles. The maximum absolute atomic E-state index is 10.3. The SMILES string of the molecule is O=C(O)Oc1ccc2cc(O)ccc2c1. The monoisotopic (exact) mass is 204 g/mol. The van der Waals surface area contributed by atoms with Gasteiger partial charge in [-0.3, -0.25) is 0 Å². The molecular weight excluding hydrogens is 196 g/mol. The number of fused-ring (bicyclic) bond motifs is 1. The van der Waals surface area contributed by atoms with Crippen LogP contribution in [0.25, 0.3) is 10.8 Å². The minimum atomic E-state index is -1.34. The molecule has 0 atom stereocenters. The molecule has 2 rings (SSSR count). The highest BCUT2D eigenvalue weighted by Crippen LogP contribution is 2.24. The first-order chi connectivity index (χ1) is 7.15. The summed E-state index contributed by atoms with van der Waals surface area (Å²) in [5.74, 6) is 0.440. The topological polar surface area (TPSA) is 66.8 Å². The van der Waals surface area contributed by atoms with E-state index in [1.54, 1.807) is 24.3 Å². The first kappa shape index (κ1) is 9.33. The lowest BCUT2D eigenvalue weighted by Crippen LogP contribution is -2.02. The van der Waals surface area contributed by atoms with Crippen LogP contribution in [-0.2, 0) is 0 Å². The fourth-order valence-electron chi connectivity index (χ4n) is 1.38. The van der Waals surface area contributed by atoms with Crippen molar-refractivity contribution in [1.82, 2.24) is 0 Å².